The summed E-state index contributed by atoms with van der Waals surface area (Å²) in [5, 5.41) is 0. The number of rotatable bonds is 5. The monoisotopic (exact) mass is 362 g/mol. The maximum absolute atomic E-state index is 12.5. The molecule has 0 heterocycles. The van der Waals surface area contributed by atoms with Gasteiger partial charge >= 0.3 is 5.97 Å². The Balaban J connectivity index is 2.63. The van der Waals surface area contributed by atoms with E-state index in [0.29, 0.717) is 11.1 Å². The second kappa shape index (κ2) is 6.98. The van der Waals surface area contributed by atoms with Crippen LogP contribution in [0.4, 0.5) is 0 Å². The summed E-state index contributed by atoms with van der Waals surface area (Å²) in [7, 11) is -4.65. The number of benzene rings is 2. The van der Waals surface area contributed by atoms with Gasteiger partial charge in [0.2, 0.25) is 0 Å². The molecule has 1 N–H and O–H groups in total. The van der Waals surface area contributed by atoms with Crippen molar-refractivity contribution in [1.29, 1.82) is 0 Å². The summed E-state index contributed by atoms with van der Waals surface area (Å²) in [5.74, 6) is -0.549. The Kier molecular flexibility index (Phi) is 5.34. The third-order valence-electron chi connectivity index (χ3n) is 3.94. The number of ether oxygens (including phenoxy) is 1. The number of carbonyl (C=O) groups excluding carboxylic acids is 1. The smallest absolute Gasteiger partial charge is 0.311 e. The summed E-state index contributed by atoms with van der Waals surface area (Å²) in [6, 6.07) is 16.5. The van der Waals surface area contributed by atoms with Gasteiger partial charge in [0.05, 0.1) is 5.41 Å². The molecule has 0 saturated carbocycles. The lowest BCUT2D eigenvalue weighted by molar-refractivity contribution is -0.153. The van der Waals surface area contributed by atoms with E-state index in [9.17, 15) is 17.8 Å². The Hall–Kier alpha value is -2.18. The van der Waals surface area contributed by atoms with Crippen LogP contribution >= 0.6 is 0 Å². The molecule has 0 aliphatic rings. The van der Waals surface area contributed by atoms with Gasteiger partial charge in [-0.05, 0) is 31.9 Å². The first-order valence-electron chi connectivity index (χ1n) is 7.84. The number of hydrogen-bond acceptors (Lipinski definition) is 4. The summed E-state index contributed by atoms with van der Waals surface area (Å²) in [5.41, 5.74) is -0.144. The van der Waals surface area contributed by atoms with E-state index in [0.717, 1.165) is 0 Å². The second-order valence-electron chi connectivity index (χ2n) is 6.86. The van der Waals surface area contributed by atoms with E-state index in [1.54, 1.807) is 81.4 Å². The Morgan fingerprint density at radius 3 is 1.64 bits per heavy atom. The predicted octanol–water partition coefficient (Wildman–Crippen LogP) is 3.41. The lowest BCUT2D eigenvalue weighted by Crippen LogP contribution is -2.43. The predicted molar refractivity (Wildman–Crippen MR) is 95.6 cm³/mol. The van der Waals surface area contributed by atoms with E-state index in [4.69, 9.17) is 4.74 Å². The van der Waals surface area contributed by atoms with Gasteiger partial charge in [-0.3, -0.25) is 9.35 Å². The molecular weight excluding hydrogens is 340 g/mol. The topological polar surface area (TPSA) is 80.7 Å². The normalized spacial score (nSPS) is 12.6. The van der Waals surface area contributed by atoms with Crippen molar-refractivity contribution < 1.29 is 22.5 Å². The van der Waals surface area contributed by atoms with Gasteiger partial charge in [-0.1, -0.05) is 60.7 Å². The van der Waals surface area contributed by atoms with Crippen molar-refractivity contribution >= 4 is 16.1 Å². The third-order valence-corrected chi connectivity index (χ3v) is 5.41. The molecule has 0 aliphatic heterocycles. The summed E-state index contributed by atoms with van der Waals surface area (Å²) >= 11 is 0. The Labute approximate surface area is 148 Å². The van der Waals surface area contributed by atoms with Crippen molar-refractivity contribution in [2.24, 2.45) is 5.41 Å². The summed E-state index contributed by atoms with van der Waals surface area (Å²) in [4.78, 5) is 12.2. The molecule has 0 aromatic heterocycles. The second-order valence-corrected chi connectivity index (χ2v) is 8.51. The van der Waals surface area contributed by atoms with E-state index in [2.05, 4.69) is 0 Å². The highest BCUT2D eigenvalue weighted by atomic mass is 32.2. The quantitative estimate of drug-likeness (QED) is 0.651. The van der Waals surface area contributed by atoms with Crippen molar-refractivity contribution in [1.82, 2.24) is 0 Å². The van der Waals surface area contributed by atoms with E-state index in [1.807, 2.05) is 0 Å². The Bertz CT molecular complexity index is 782. The summed E-state index contributed by atoms with van der Waals surface area (Å²) in [6.07, 6.45) is 0. The zero-order chi connectivity index (χ0) is 18.7. The number of hydrogen-bond donors (Lipinski definition) is 1. The molecule has 25 heavy (non-hydrogen) atoms. The molecule has 0 bridgehead atoms. The third kappa shape index (κ3) is 3.91. The molecule has 0 spiro atoms. The van der Waals surface area contributed by atoms with Gasteiger partial charge in [0.25, 0.3) is 10.1 Å². The van der Waals surface area contributed by atoms with Crippen LogP contribution in [0.5, 0.6) is 0 Å². The van der Waals surface area contributed by atoms with E-state index >= 15 is 0 Å². The van der Waals surface area contributed by atoms with Crippen LogP contribution in [0.3, 0.4) is 0 Å². The maximum Gasteiger partial charge on any atom is 0.311 e. The molecule has 0 unspecified atom stereocenters. The highest BCUT2D eigenvalue weighted by molar-refractivity contribution is 7.87. The fourth-order valence-electron chi connectivity index (χ4n) is 2.50. The summed E-state index contributed by atoms with van der Waals surface area (Å²) < 4.78 is 38.5. The molecule has 0 radical (unpaired) electrons. The van der Waals surface area contributed by atoms with Crippen molar-refractivity contribution in [2.45, 2.75) is 25.5 Å². The first kappa shape index (κ1) is 19.1. The molecule has 0 amide bonds. The summed E-state index contributed by atoms with van der Waals surface area (Å²) in [6.45, 7) is 4.51. The fraction of sp³-hybridized carbons (Fsp3) is 0.316. The standard InChI is InChI=1S/C19H22O5S/c1-18(2,3)17(20)24-14-19(25(21,22)23,15-10-6-4-7-11-15)16-12-8-5-9-13-16/h4-13H,14H2,1-3H3,(H,21,22,23). The Morgan fingerprint density at radius 2 is 1.32 bits per heavy atom. The molecule has 134 valence electrons. The minimum Gasteiger partial charge on any atom is -0.463 e. The molecule has 0 saturated heterocycles. The molecule has 5 nitrogen and oxygen atoms in total. The zero-order valence-electron chi connectivity index (χ0n) is 14.5. The minimum atomic E-state index is -4.65. The van der Waals surface area contributed by atoms with Gasteiger partial charge < -0.3 is 4.74 Å². The van der Waals surface area contributed by atoms with Gasteiger partial charge in [0, 0.05) is 0 Å². The van der Waals surface area contributed by atoms with Crippen LogP contribution in [0, 0.1) is 5.41 Å². The zero-order valence-corrected chi connectivity index (χ0v) is 15.3. The van der Waals surface area contributed by atoms with Crippen LogP contribution in [0.25, 0.3) is 0 Å². The highest BCUT2D eigenvalue weighted by Crippen LogP contribution is 2.38. The molecule has 2 aromatic rings. The Morgan fingerprint density at radius 1 is 0.920 bits per heavy atom. The van der Waals surface area contributed by atoms with Crippen LogP contribution in [-0.2, 0) is 24.4 Å². The largest absolute Gasteiger partial charge is 0.463 e. The lowest BCUT2D eigenvalue weighted by Gasteiger charge is -2.32. The van der Waals surface area contributed by atoms with Crippen LogP contribution in [0.2, 0.25) is 0 Å². The molecule has 2 aromatic carbocycles. The van der Waals surface area contributed by atoms with Crippen molar-refractivity contribution in [3.05, 3.63) is 71.8 Å². The number of esters is 1. The van der Waals surface area contributed by atoms with Gasteiger partial charge in [-0.2, -0.15) is 8.42 Å². The van der Waals surface area contributed by atoms with Gasteiger partial charge in [0.1, 0.15) is 6.61 Å². The first-order chi connectivity index (χ1) is 11.6. The molecule has 0 atom stereocenters. The van der Waals surface area contributed by atoms with Crippen LogP contribution in [-0.4, -0.2) is 25.5 Å². The molecule has 0 fully saturated rings. The van der Waals surface area contributed by atoms with Crippen LogP contribution in [0.15, 0.2) is 60.7 Å². The van der Waals surface area contributed by atoms with Gasteiger partial charge in [0.15, 0.2) is 4.75 Å². The van der Waals surface area contributed by atoms with Gasteiger partial charge in [-0.15, -0.1) is 0 Å². The van der Waals surface area contributed by atoms with Crippen LogP contribution in [0.1, 0.15) is 31.9 Å². The maximum atomic E-state index is 12.5. The van der Waals surface area contributed by atoms with E-state index < -0.39 is 32.9 Å². The van der Waals surface area contributed by atoms with Gasteiger partial charge in [-0.25, -0.2) is 0 Å². The van der Waals surface area contributed by atoms with Crippen molar-refractivity contribution in [3.63, 3.8) is 0 Å². The first-order valence-corrected chi connectivity index (χ1v) is 9.28. The number of carbonyl (C=O) groups is 1. The average Bonchev–Trinajstić information content (AvgIpc) is 2.55. The molecule has 6 heteroatoms. The SMILES string of the molecule is CC(C)(C)C(=O)OCC(c1ccccc1)(c1ccccc1)S(=O)(=O)O. The molecular formula is C19H22O5S. The minimum absolute atomic E-state index is 0.324. The van der Waals surface area contributed by atoms with E-state index in [1.165, 1.54) is 0 Å². The molecule has 0 aliphatic carbocycles. The van der Waals surface area contributed by atoms with Crippen molar-refractivity contribution in [3.8, 4) is 0 Å². The van der Waals surface area contributed by atoms with E-state index in [-0.39, 0.29) is 0 Å². The lowest BCUT2D eigenvalue weighted by atomic mass is 9.90. The average molecular weight is 362 g/mol. The fourth-order valence-corrected chi connectivity index (χ4v) is 3.58. The van der Waals surface area contributed by atoms with Crippen LogP contribution < -0.4 is 0 Å². The molecule has 2 rings (SSSR count). The van der Waals surface area contributed by atoms with Crippen molar-refractivity contribution in [2.75, 3.05) is 6.61 Å². The highest BCUT2D eigenvalue weighted by Gasteiger charge is 2.48.